The Kier molecular flexibility index (Phi) is 2.78. The highest BCUT2D eigenvalue weighted by atomic mass is 16.5. The smallest absolute Gasteiger partial charge is 0.142 e. The summed E-state index contributed by atoms with van der Waals surface area (Å²) in [5.41, 5.74) is 8.80. The zero-order valence-corrected chi connectivity index (χ0v) is 10.8. The highest BCUT2D eigenvalue weighted by Gasteiger charge is 2.31. The summed E-state index contributed by atoms with van der Waals surface area (Å²) in [6.07, 6.45) is 7.90. The molecular weight excluding hydrogens is 224 g/mol. The van der Waals surface area contributed by atoms with E-state index in [1.54, 1.807) is 7.11 Å². The zero-order chi connectivity index (χ0) is 12.6. The Morgan fingerprint density at radius 1 is 1.17 bits per heavy atom. The quantitative estimate of drug-likeness (QED) is 0.851. The summed E-state index contributed by atoms with van der Waals surface area (Å²) in [7, 11) is 1.70. The molecule has 3 rings (SSSR count). The Morgan fingerprint density at radius 3 is 2.67 bits per heavy atom. The third-order valence-electron chi connectivity index (χ3n) is 4.19. The van der Waals surface area contributed by atoms with Crippen molar-refractivity contribution in [1.82, 2.24) is 4.98 Å². The normalized spacial score (nSPS) is 19.0. The van der Waals surface area contributed by atoms with Gasteiger partial charge in [-0.3, -0.25) is 0 Å². The molecule has 1 aromatic carbocycles. The van der Waals surface area contributed by atoms with Crippen molar-refractivity contribution in [2.45, 2.75) is 37.6 Å². The van der Waals surface area contributed by atoms with Gasteiger partial charge in [0, 0.05) is 17.1 Å². The minimum Gasteiger partial charge on any atom is -0.495 e. The van der Waals surface area contributed by atoms with E-state index < -0.39 is 0 Å². The maximum atomic E-state index is 6.64. The first-order valence-electron chi connectivity index (χ1n) is 6.68. The van der Waals surface area contributed by atoms with E-state index in [4.69, 9.17) is 10.5 Å². The summed E-state index contributed by atoms with van der Waals surface area (Å²) in [6, 6.07) is 6.27. The summed E-state index contributed by atoms with van der Waals surface area (Å²) in [4.78, 5) is 3.26. The summed E-state index contributed by atoms with van der Waals surface area (Å²) >= 11 is 0. The summed E-state index contributed by atoms with van der Waals surface area (Å²) in [5, 5.41) is 1.21. The first-order valence-corrected chi connectivity index (χ1v) is 6.68. The van der Waals surface area contributed by atoms with E-state index in [2.05, 4.69) is 17.1 Å². The number of benzene rings is 1. The van der Waals surface area contributed by atoms with Gasteiger partial charge in [0.15, 0.2) is 0 Å². The molecule has 0 bridgehead atoms. The van der Waals surface area contributed by atoms with E-state index in [1.165, 1.54) is 30.2 Å². The van der Waals surface area contributed by atoms with E-state index in [9.17, 15) is 0 Å². The number of nitrogens with one attached hydrogen (secondary N) is 1. The second kappa shape index (κ2) is 4.32. The number of rotatable bonds is 2. The Labute approximate surface area is 107 Å². The molecule has 0 saturated heterocycles. The molecule has 1 saturated carbocycles. The highest BCUT2D eigenvalue weighted by molar-refractivity contribution is 5.89. The van der Waals surface area contributed by atoms with Crippen LogP contribution in [0.5, 0.6) is 5.75 Å². The van der Waals surface area contributed by atoms with Crippen molar-refractivity contribution in [2.75, 3.05) is 7.11 Å². The topological polar surface area (TPSA) is 51.0 Å². The van der Waals surface area contributed by atoms with Crippen LogP contribution in [-0.2, 0) is 5.54 Å². The molecule has 1 fully saturated rings. The fraction of sp³-hybridized carbons (Fsp3) is 0.467. The van der Waals surface area contributed by atoms with Gasteiger partial charge in [0.2, 0.25) is 0 Å². The standard InChI is InChI=1S/C15H20N2O/c1-18-13-6-5-12(11-7-10-17-14(11)13)15(16)8-3-2-4-9-15/h5-7,10,17H,2-4,8-9,16H2,1H3. The third-order valence-corrected chi connectivity index (χ3v) is 4.19. The van der Waals surface area contributed by atoms with Crippen LogP contribution in [-0.4, -0.2) is 12.1 Å². The van der Waals surface area contributed by atoms with Crippen molar-refractivity contribution in [3.63, 3.8) is 0 Å². The molecule has 3 N–H and O–H groups in total. The van der Waals surface area contributed by atoms with E-state index in [-0.39, 0.29) is 5.54 Å². The molecule has 1 aromatic heterocycles. The number of ether oxygens (including phenoxy) is 1. The predicted octanol–water partition coefficient (Wildman–Crippen LogP) is 3.29. The van der Waals surface area contributed by atoms with E-state index in [0.29, 0.717) is 0 Å². The first kappa shape index (κ1) is 11.6. The highest BCUT2D eigenvalue weighted by Crippen LogP contribution is 2.40. The van der Waals surface area contributed by atoms with Crippen LogP contribution in [0.1, 0.15) is 37.7 Å². The number of methoxy groups -OCH3 is 1. The fourth-order valence-electron chi connectivity index (χ4n) is 3.19. The maximum Gasteiger partial charge on any atom is 0.142 e. The molecule has 0 radical (unpaired) electrons. The molecule has 0 amide bonds. The van der Waals surface area contributed by atoms with Crippen LogP contribution in [0.2, 0.25) is 0 Å². The molecule has 0 aliphatic heterocycles. The minimum atomic E-state index is -0.162. The van der Waals surface area contributed by atoms with Gasteiger partial charge in [0.1, 0.15) is 5.75 Å². The van der Waals surface area contributed by atoms with Gasteiger partial charge in [-0.2, -0.15) is 0 Å². The van der Waals surface area contributed by atoms with Crippen molar-refractivity contribution in [2.24, 2.45) is 5.73 Å². The average Bonchev–Trinajstić information content (AvgIpc) is 2.87. The van der Waals surface area contributed by atoms with E-state index >= 15 is 0 Å². The zero-order valence-electron chi connectivity index (χ0n) is 10.8. The van der Waals surface area contributed by atoms with Crippen molar-refractivity contribution >= 4 is 10.9 Å². The Hall–Kier alpha value is -1.48. The largest absolute Gasteiger partial charge is 0.495 e. The summed E-state index contributed by atoms with van der Waals surface area (Å²) in [5.74, 6) is 0.887. The van der Waals surface area contributed by atoms with Crippen LogP contribution in [0.3, 0.4) is 0 Å². The van der Waals surface area contributed by atoms with Gasteiger partial charge >= 0.3 is 0 Å². The lowest BCUT2D eigenvalue weighted by Crippen LogP contribution is -2.38. The molecule has 0 atom stereocenters. The van der Waals surface area contributed by atoms with Crippen molar-refractivity contribution in [3.05, 3.63) is 30.0 Å². The molecule has 1 heterocycles. The van der Waals surface area contributed by atoms with Crippen molar-refractivity contribution in [1.29, 1.82) is 0 Å². The van der Waals surface area contributed by atoms with E-state index in [1.807, 2.05) is 12.3 Å². The Balaban J connectivity index is 2.14. The maximum absolute atomic E-state index is 6.64. The van der Waals surface area contributed by atoms with Crippen molar-refractivity contribution < 1.29 is 4.74 Å². The van der Waals surface area contributed by atoms with Crippen LogP contribution in [0.15, 0.2) is 24.4 Å². The number of hydrogen-bond acceptors (Lipinski definition) is 2. The lowest BCUT2D eigenvalue weighted by molar-refractivity contribution is 0.304. The number of fused-ring (bicyclic) bond motifs is 1. The summed E-state index contributed by atoms with van der Waals surface area (Å²) in [6.45, 7) is 0. The van der Waals surface area contributed by atoms with Crippen LogP contribution in [0, 0.1) is 0 Å². The van der Waals surface area contributed by atoms with Gasteiger partial charge in [0.25, 0.3) is 0 Å². The lowest BCUT2D eigenvalue weighted by atomic mass is 9.76. The average molecular weight is 244 g/mol. The second-order valence-electron chi connectivity index (χ2n) is 5.30. The molecule has 18 heavy (non-hydrogen) atoms. The molecule has 96 valence electrons. The molecule has 3 heteroatoms. The Morgan fingerprint density at radius 2 is 1.94 bits per heavy atom. The molecule has 1 aliphatic carbocycles. The van der Waals surface area contributed by atoms with Gasteiger partial charge < -0.3 is 15.5 Å². The molecule has 1 aliphatic rings. The van der Waals surface area contributed by atoms with Gasteiger partial charge in [-0.05, 0) is 30.5 Å². The molecule has 2 aromatic rings. The minimum absolute atomic E-state index is 0.162. The first-order chi connectivity index (χ1) is 8.74. The fourth-order valence-corrected chi connectivity index (χ4v) is 3.19. The number of hydrogen-bond donors (Lipinski definition) is 2. The lowest BCUT2D eigenvalue weighted by Gasteiger charge is -2.34. The number of H-pyrrole nitrogens is 1. The second-order valence-corrected chi connectivity index (χ2v) is 5.30. The Bertz CT molecular complexity index is 553. The predicted molar refractivity (Wildman–Crippen MR) is 73.8 cm³/mol. The third kappa shape index (κ3) is 1.70. The molecule has 0 unspecified atom stereocenters. The number of aromatic amines is 1. The van der Waals surface area contributed by atoms with Gasteiger partial charge in [0.05, 0.1) is 12.6 Å². The van der Waals surface area contributed by atoms with Crippen LogP contribution >= 0.6 is 0 Å². The van der Waals surface area contributed by atoms with Gasteiger partial charge in [-0.1, -0.05) is 25.3 Å². The SMILES string of the molecule is COc1ccc(C2(N)CCCCC2)c2cc[nH]c12. The van der Waals surface area contributed by atoms with Gasteiger partial charge in [-0.25, -0.2) is 0 Å². The van der Waals surface area contributed by atoms with Gasteiger partial charge in [-0.15, -0.1) is 0 Å². The van der Waals surface area contributed by atoms with Crippen LogP contribution in [0.25, 0.3) is 10.9 Å². The van der Waals surface area contributed by atoms with Crippen LogP contribution in [0.4, 0.5) is 0 Å². The molecular formula is C15H20N2O. The van der Waals surface area contributed by atoms with Crippen LogP contribution < -0.4 is 10.5 Å². The number of aromatic nitrogens is 1. The molecule has 0 spiro atoms. The monoisotopic (exact) mass is 244 g/mol. The number of nitrogens with two attached hydrogens (primary N) is 1. The van der Waals surface area contributed by atoms with E-state index in [0.717, 1.165) is 24.1 Å². The van der Waals surface area contributed by atoms with Crippen molar-refractivity contribution in [3.8, 4) is 5.75 Å². The molecule has 3 nitrogen and oxygen atoms in total. The summed E-state index contributed by atoms with van der Waals surface area (Å²) < 4.78 is 5.39.